The molecule has 0 aliphatic carbocycles. The van der Waals surface area contributed by atoms with Gasteiger partial charge in [0.25, 0.3) is 0 Å². The quantitative estimate of drug-likeness (QED) is 0.798. The Hall–Kier alpha value is -2.50. The maximum absolute atomic E-state index is 11.3. The van der Waals surface area contributed by atoms with Crippen LogP contribution >= 0.6 is 0 Å². The van der Waals surface area contributed by atoms with Gasteiger partial charge in [0, 0.05) is 11.9 Å². The number of rotatable bonds is 2. The van der Waals surface area contributed by atoms with Crippen LogP contribution in [0.25, 0.3) is 11.5 Å². The van der Waals surface area contributed by atoms with Crippen LogP contribution < -0.4 is 5.73 Å². The van der Waals surface area contributed by atoms with Crippen LogP contribution in [0.3, 0.4) is 0 Å². The van der Waals surface area contributed by atoms with Crippen LogP contribution in [-0.2, 0) is 4.74 Å². The number of nitrogens with zero attached hydrogens (tertiary/aromatic N) is 3. The molecule has 2 heterocycles. The molecule has 2 N–H and O–H groups in total. The molecule has 0 spiro atoms. The van der Waals surface area contributed by atoms with Gasteiger partial charge in [-0.2, -0.15) is 0 Å². The minimum Gasteiger partial charge on any atom is -0.465 e. The molecule has 0 bridgehead atoms. The van der Waals surface area contributed by atoms with E-state index in [4.69, 9.17) is 5.73 Å². The Morgan fingerprint density at radius 2 is 2.11 bits per heavy atom. The van der Waals surface area contributed by atoms with Crippen molar-refractivity contribution < 1.29 is 9.53 Å². The van der Waals surface area contributed by atoms with Gasteiger partial charge in [-0.15, -0.1) is 0 Å². The van der Waals surface area contributed by atoms with Crippen molar-refractivity contribution in [3.8, 4) is 11.5 Å². The summed E-state index contributed by atoms with van der Waals surface area (Å²) in [4.78, 5) is 23.7. The highest BCUT2D eigenvalue weighted by molar-refractivity contribution is 5.93. The minimum absolute atomic E-state index is 0.0788. The Labute approximate surface area is 104 Å². The molecule has 2 rings (SSSR count). The molecule has 6 nitrogen and oxygen atoms in total. The highest BCUT2D eigenvalue weighted by Gasteiger charge is 2.13. The summed E-state index contributed by atoms with van der Waals surface area (Å²) in [5, 5.41) is 0. The van der Waals surface area contributed by atoms with Gasteiger partial charge in [0.05, 0.1) is 7.11 Å². The van der Waals surface area contributed by atoms with E-state index < -0.39 is 5.97 Å². The molecule has 0 aliphatic heterocycles. The summed E-state index contributed by atoms with van der Waals surface area (Å²) < 4.78 is 4.57. The number of pyridine rings is 1. The SMILES string of the molecule is COC(=O)c1cnc(-c2cccc(C)n2)nc1N. The summed E-state index contributed by atoms with van der Waals surface area (Å²) in [5.41, 5.74) is 7.30. The van der Waals surface area contributed by atoms with E-state index in [0.29, 0.717) is 11.5 Å². The first-order valence-corrected chi connectivity index (χ1v) is 5.26. The molecule has 92 valence electrons. The van der Waals surface area contributed by atoms with Gasteiger partial charge in [-0.1, -0.05) is 6.07 Å². The number of carbonyl (C=O) groups is 1. The Morgan fingerprint density at radius 3 is 2.72 bits per heavy atom. The van der Waals surface area contributed by atoms with Gasteiger partial charge in [-0.25, -0.2) is 19.7 Å². The lowest BCUT2D eigenvalue weighted by atomic mass is 10.2. The maximum atomic E-state index is 11.3. The predicted molar refractivity (Wildman–Crippen MR) is 65.8 cm³/mol. The van der Waals surface area contributed by atoms with Crippen molar-refractivity contribution in [3.63, 3.8) is 0 Å². The standard InChI is InChI=1S/C12H12N4O2/c1-7-4-3-5-9(15-7)11-14-6-8(10(13)16-11)12(17)18-2/h3-6H,1-2H3,(H2,13,14,16). The van der Waals surface area contributed by atoms with Gasteiger partial charge >= 0.3 is 5.97 Å². The third-order valence-corrected chi connectivity index (χ3v) is 2.34. The third-order valence-electron chi connectivity index (χ3n) is 2.34. The van der Waals surface area contributed by atoms with Crippen molar-refractivity contribution in [1.29, 1.82) is 0 Å². The molecule has 6 heteroatoms. The lowest BCUT2D eigenvalue weighted by molar-refractivity contribution is 0.0601. The van der Waals surface area contributed by atoms with Crippen LogP contribution in [0.15, 0.2) is 24.4 Å². The molecule has 0 aliphatic rings. The van der Waals surface area contributed by atoms with Crippen molar-refractivity contribution in [1.82, 2.24) is 15.0 Å². The number of carbonyl (C=O) groups excluding carboxylic acids is 1. The van der Waals surface area contributed by atoms with Crippen molar-refractivity contribution >= 4 is 11.8 Å². The number of methoxy groups -OCH3 is 1. The van der Waals surface area contributed by atoms with Gasteiger partial charge in [0.1, 0.15) is 17.1 Å². The number of aryl methyl sites for hydroxylation is 1. The molecule has 0 aromatic carbocycles. The Kier molecular flexibility index (Phi) is 3.18. The highest BCUT2D eigenvalue weighted by atomic mass is 16.5. The molecule has 0 amide bonds. The first-order chi connectivity index (χ1) is 8.61. The number of nitrogen functional groups attached to an aromatic ring is 1. The molecule has 0 fully saturated rings. The fraction of sp³-hybridized carbons (Fsp3) is 0.167. The number of nitrogens with two attached hydrogens (primary N) is 1. The number of esters is 1. The number of anilines is 1. The number of hydrogen-bond donors (Lipinski definition) is 1. The topological polar surface area (TPSA) is 91.0 Å². The van der Waals surface area contributed by atoms with Crippen molar-refractivity contribution in [2.24, 2.45) is 0 Å². The second-order valence-electron chi connectivity index (χ2n) is 3.65. The Bertz CT molecular complexity index is 598. The zero-order valence-electron chi connectivity index (χ0n) is 10.0. The highest BCUT2D eigenvalue weighted by Crippen LogP contribution is 2.16. The van der Waals surface area contributed by atoms with Crippen LogP contribution in [0.4, 0.5) is 5.82 Å². The largest absolute Gasteiger partial charge is 0.465 e. The van der Waals surface area contributed by atoms with Crippen LogP contribution in [0.5, 0.6) is 0 Å². The Balaban J connectivity index is 2.43. The summed E-state index contributed by atoms with van der Waals surface area (Å²) in [6, 6.07) is 5.50. The second-order valence-corrected chi connectivity index (χ2v) is 3.65. The van der Waals surface area contributed by atoms with Crippen molar-refractivity contribution in [2.75, 3.05) is 12.8 Å². The monoisotopic (exact) mass is 244 g/mol. The molecule has 0 unspecified atom stereocenters. The smallest absolute Gasteiger partial charge is 0.343 e. The maximum Gasteiger partial charge on any atom is 0.343 e. The van der Waals surface area contributed by atoms with E-state index in [0.717, 1.165) is 5.69 Å². The molecule has 2 aromatic rings. The summed E-state index contributed by atoms with van der Waals surface area (Å²) in [6.07, 6.45) is 1.34. The van der Waals surface area contributed by atoms with E-state index in [1.54, 1.807) is 6.07 Å². The fourth-order valence-electron chi connectivity index (χ4n) is 1.45. The predicted octanol–water partition coefficient (Wildman–Crippen LogP) is 1.22. The van der Waals surface area contributed by atoms with Crippen molar-refractivity contribution in [3.05, 3.63) is 35.7 Å². The van der Waals surface area contributed by atoms with Gasteiger partial charge < -0.3 is 10.5 Å². The molecule has 0 saturated carbocycles. The van der Waals surface area contributed by atoms with E-state index in [9.17, 15) is 4.79 Å². The zero-order valence-corrected chi connectivity index (χ0v) is 10.0. The molecular weight excluding hydrogens is 232 g/mol. The minimum atomic E-state index is -0.559. The first kappa shape index (κ1) is 12.0. The molecule has 0 radical (unpaired) electrons. The third kappa shape index (κ3) is 2.27. The van der Waals surface area contributed by atoms with E-state index in [-0.39, 0.29) is 11.4 Å². The molecule has 0 atom stereocenters. The van der Waals surface area contributed by atoms with Gasteiger partial charge in [-0.05, 0) is 19.1 Å². The van der Waals surface area contributed by atoms with E-state index in [2.05, 4.69) is 19.7 Å². The molecular formula is C12H12N4O2. The van der Waals surface area contributed by atoms with Gasteiger partial charge in [-0.3, -0.25) is 0 Å². The molecule has 2 aromatic heterocycles. The average molecular weight is 244 g/mol. The zero-order chi connectivity index (χ0) is 13.1. The number of aromatic nitrogens is 3. The summed E-state index contributed by atoms with van der Waals surface area (Å²) in [6.45, 7) is 1.87. The number of ether oxygens (including phenoxy) is 1. The van der Waals surface area contributed by atoms with Gasteiger partial charge in [0.2, 0.25) is 0 Å². The fourth-order valence-corrected chi connectivity index (χ4v) is 1.45. The van der Waals surface area contributed by atoms with E-state index in [1.807, 2.05) is 19.1 Å². The lowest BCUT2D eigenvalue weighted by Crippen LogP contribution is -2.09. The van der Waals surface area contributed by atoms with Gasteiger partial charge in [0.15, 0.2) is 5.82 Å². The van der Waals surface area contributed by atoms with Crippen LogP contribution in [0, 0.1) is 6.92 Å². The second kappa shape index (κ2) is 4.79. The average Bonchev–Trinajstić information content (AvgIpc) is 2.37. The Morgan fingerprint density at radius 1 is 1.33 bits per heavy atom. The molecule has 0 saturated heterocycles. The van der Waals surface area contributed by atoms with E-state index >= 15 is 0 Å². The normalized spacial score (nSPS) is 10.1. The molecule has 18 heavy (non-hydrogen) atoms. The van der Waals surface area contributed by atoms with Crippen LogP contribution in [-0.4, -0.2) is 28.0 Å². The summed E-state index contributed by atoms with van der Waals surface area (Å²) >= 11 is 0. The lowest BCUT2D eigenvalue weighted by Gasteiger charge is -2.05. The van der Waals surface area contributed by atoms with Crippen molar-refractivity contribution in [2.45, 2.75) is 6.92 Å². The first-order valence-electron chi connectivity index (χ1n) is 5.26. The van der Waals surface area contributed by atoms with Crippen LogP contribution in [0.1, 0.15) is 16.1 Å². The summed E-state index contributed by atoms with van der Waals surface area (Å²) in [7, 11) is 1.28. The van der Waals surface area contributed by atoms with E-state index in [1.165, 1.54) is 13.3 Å². The van der Waals surface area contributed by atoms with Crippen LogP contribution in [0.2, 0.25) is 0 Å². The summed E-state index contributed by atoms with van der Waals surface area (Å²) in [5.74, 6) is -0.102. The number of hydrogen-bond acceptors (Lipinski definition) is 6.